The monoisotopic (exact) mass is 203 g/mol. The molecule has 1 aromatic rings. The molecule has 1 aromatic heterocycles. The summed E-state index contributed by atoms with van der Waals surface area (Å²) in [7, 11) is 0. The quantitative estimate of drug-likeness (QED) is 0.752. The lowest BCUT2D eigenvalue weighted by Crippen LogP contribution is -2.29. The lowest BCUT2D eigenvalue weighted by Gasteiger charge is -2.25. The van der Waals surface area contributed by atoms with Gasteiger partial charge in [0.1, 0.15) is 0 Å². The second-order valence-electron chi connectivity index (χ2n) is 3.85. The maximum atomic E-state index is 4.28. The Balaban J connectivity index is 2.02. The predicted molar refractivity (Wildman–Crippen MR) is 61.4 cm³/mol. The molecule has 0 saturated heterocycles. The van der Waals surface area contributed by atoms with E-state index in [0.717, 1.165) is 25.3 Å². The average Bonchev–Trinajstić information content (AvgIpc) is 2.32. The van der Waals surface area contributed by atoms with Crippen molar-refractivity contribution in [1.82, 2.24) is 14.9 Å². The number of nitrogens with zero attached hydrogens (tertiary/aromatic N) is 3. The highest BCUT2D eigenvalue weighted by molar-refractivity contribution is 5.60. The number of hydrogen-bond acceptors (Lipinski definition) is 3. The Hall–Kier alpha value is -1.22. The molecule has 3 nitrogen and oxygen atoms in total. The molecule has 0 atom stereocenters. The van der Waals surface area contributed by atoms with E-state index in [4.69, 9.17) is 0 Å². The first-order chi connectivity index (χ1) is 7.40. The maximum Gasteiger partial charge on any atom is 0.154 e. The van der Waals surface area contributed by atoms with Crippen molar-refractivity contribution in [2.75, 3.05) is 19.6 Å². The van der Waals surface area contributed by atoms with Gasteiger partial charge >= 0.3 is 0 Å². The van der Waals surface area contributed by atoms with Gasteiger partial charge in [0.25, 0.3) is 0 Å². The van der Waals surface area contributed by atoms with Crippen molar-refractivity contribution in [2.24, 2.45) is 0 Å². The first-order valence-electron chi connectivity index (χ1n) is 5.59. The first kappa shape index (κ1) is 10.3. The fourth-order valence-corrected chi connectivity index (χ4v) is 1.90. The summed E-state index contributed by atoms with van der Waals surface area (Å²) in [6.45, 7) is 5.60. The lowest BCUT2D eigenvalue weighted by atomic mass is 10.1. The molecule has 80 valence electrons. The normalized spacial score (nSPS) is 17.5. The van der Waals surface area contributed by atoms with E-state index >= 15 is 0 Å². The third kappa shape index (κ3) is 2.63. The van der Waals surface area contributed by atoms with Crippen LogP contribution in [0.1, 0.15) is 25.6 Å². The van der Waals surface area contributed by atoms with Gasteiger partial charge in [-0.1, -0.05) is 13.0 Å². The van der Waals surface area contributed by atoms with Crippen molar-refractivity contribution in [1.29, 1.82) is 0 Å². The van der Waals surface area contributed by atoms with Crippen LogP contribution in [0.3, 0.4) is 0 Å². The molecular formula is C12H17N3. The first-order valence-corrected chi connectivity index (χ1v) is 5.59. The third-order valence-electron chi connectivity index (χ3n) is 2.69. The second kappa shape index (κ2) is 5.03. The Morgan fingerprint density at radius 1 is 1.33 bits per heavy atom. The van der Waals surface area contributed by atoms with E-state index in [2.05, 4.69) is 27.9 Å². The Kier molecular flexibility index (Phi) is 3.45. The molecule has 0 amide bonds. The average molecular weight is 203 g/mol. The smallest absolute Gasteiger partial charge is 0.154 e. The SMILES string of the molecule is CCCN1CC=C(c2ncccn2)CC1. The number of rotatable bonds is 3. The fourth-order valence-electron chi connectivity index (χ4n) is 1.90. The molecule has 15 heavy (non-hydrogen) atoms. The van der Waals surface area contributed by atoms with Gasteiger partial charge in [-0.15, -0.1) is 0 Å². The topological polar surface area (TPSA) is 29.0 Å². The van der Waals surface area contributed by atoms with Gasteiger partial charge in [-0.2, -0.15) is 0 Å². The van der Waals surface area contributed by atoms with Crippen LogP contribution in [0.15, 0.2) is 24.5 Å². The van der Waals surface area contributed by atoms with Crippen molar-refractivity contribution >= 4 is 5.57 Å². The fraction of sp³-hybridized carbons (Fsp3) is 0.500. The van der Waals surface area contributed by atoms with Gasteiger partial charge < -0.3 is 0 Å². The highest BCUT2D eigenvalue weighted by atomic mass is 15.1. The Morgan fingerprint density at radius 3 is 2.73 bits per heavy atom. The molecule has 0 N–H and O–H groups in total. The summed E-state index contributed by atoms with van der Waals surface area (Å²) in [5.74, 6) is 0.897. The van der Waals surface area contributed by atoms with E-state index in [9.17, 15) is 0 Å². The Morgan fingerprint density at radius 2 is 2.13 bits per heavy atom. The largest absolute Gasteiger partial charge is 0.299 e. The van der Waals surface area contributed by atoms with Gasteiger partial charge in [0.15, 0.2) is 5.82 Å². The standard InChI is InChI=1S/C12H17N3/c1-2-8-15-9-4-11(5-10-15)12-13-6-3-7-14-12/h3-4,6-7H,2,5,8-10H2,1H3. The highest BCUT2D eigenvalue weighted by Crippen LogP contribution is 2.18. The molecule has 0 fully saturated rings. The van der Waals surface area contributed by atoms with E-state index in [0.29, 0.717) is 0 Å². The summed E-state index contributed by atoms with van der Waals surface area (Å²) in [5.41, 5.74) is 1.29. The zero-order valence-electron chi connectivity index (χ0n) is 9.19. The predicted octanol–water partition coefficient (Wildman–Crippen LogP) is 1.98. The molecule has 2 heterocycles. The molecule has 0 bridgehead atoms. The van der Waals surface area contributed by atoms with Gasteiger partial charge in [0.2, 0.25) is 0 Å². The molecule has 0 aromatic carbocycles. The molecule has 1 aliphatic rings. The minimum Gasteiger partial charge on any atom is -0.299 e. The number of hydrogen-bond donors (Lipinski definition) is 0. The molecule has 0 radical (unpaired) electrons. The van der Waals surface area contributed by atoms with Gasteiger partial charge in [-0.25, -0.2) is 9.97 Å². The van der Waals surface area contributed by atoms with Crippen molar-refractivity contribution in [2.45, 2.75) is 19.8 Å². The van der Waals surface area contributed by atoms with Crippen LogP contribution in [0.5, 0.6) is 0 Å². The molecule has 3 heteroatoms. The van der Waals surface area contributed by atoms with Crippen LogP contribution in [-0.2, 0) is 0 Å². The third-order valence-corrected chi connectivity index (χ3v) is 2.69. The minimum atomic E-state index is 0.897. The molecule has 0 spiro atoms. The summed E-state index contributed by atoms with van der Waals surface area (Å²) >= 11 is 0. The Labute approximate surface area is 90.9 Å². The summed E-state index contributed by atoms with van der Waals surface area (Å²) in [6, 6.07) is 1.86. The molecule has 0 aliphatic carbocycles. The lowest BCUT2D eigenvalue weighted by molar-refractivity contribution is 0.302. The minimum absolute atomic E-state index is 0.897. The van der Waals surface area contributed by atoms with Gasteiger partial charge in [-0.3, -0.25) is 4.90 Å². The molecule has 2 rings (SSSR count). The van der Waals surface area contributed by atoms with Crippen molar-refractivity contribution in [3.63, 3.8) is 0 Å². The van der Waals surface area contributed by atoms with E-state index in [1.54, 1.807) is 0 Å². The van der Waals surface area contributed by atoms with E-state index in [-0.39, 0.29) is 0 Å². The van der Waals surface area contributed by atoms with Gasteiger partial charge in [0, 0.05) is 25.5 Å². The van der Waals surface area contributed by atoms with Crippen LogP contribution in [0.4, 0.5) is 0 Å². The molecule has 0 saturated carbocycles. The van der Waals surface area contributed by atoms with Gasteiger partial charge in [0.05, 0.1) is 0 Å². The van der Waals surface area contributed by atoms with Crippen LogP contribution in [-0.4, -0.2) is 34.5 Å². The van der Waals surface area contributed by atoms with E-state index in [1.807, 2.05) is 18.5 Å². The molecule has 0 unspecified atom stereocenters. The van der Waals surface area contributed by atoms with Crippen LogP contribution in [0.25, 0.3) is 5.57 Å². The van der Waals surface area contributed by atoms with Crippen molar-refractivity contribution < 1.29 is 0 Å². The second-order valence-corrected chi connectivity index (χ2v) is 3.85. The van der Waals surface area contributed by atoms with E-state index < -0.39 is 0 Å². The Bertz CT molecular complexity index is 332. The number of aromatic nitrogens is 2. The van der Waals surface area contributed by atoms with Gasteiger partial charge in [-0.05, 0) is 31.0 Å². The molecule has 1 aliphatic heterocycles. The maximum absolute atomic E-state index is 4.28. The highest BCUT2D eigenvalue weighted by Gasteiger charge is 2.12. The summed E-state index contributed by atoms with van der Waals surface area (Å²) in [4.78, 5) is 11.0. The summed E-state index contributed by atoms with van der Waals surface area (Å²) in [6.07, 6.45) is 8.17. The molecular weight excluding hydrogens is 186 g/mol. The van der Waals surface area contributed by atoms with Crippen LogP contribution < -0.4 is 0 Å². The zero-order valence-corrected chi connectivity index (χ0v) is 9.19. The van der Waals surface area contributed by atoms with Crippen LogP contribution in [0, 0.1) is 0 Å². The zero-order chi connectivity index (χ0) is 10.5. The van der Waals surface area contributed by atoms with Crippen LogP contribution >= 0.6 is 0 Å². The van der Waals surface area contributed by atoms with E-state index in [1.165, 1.54) is 18.5 Å². The summed E-state index contributed by atoms with van der Waals surface area (Å²) in [5, 5.41) is 0. The van der Waals surface area contributed by atoms with Crippen molar-refractivity contribution in [3.05, 3.63) is 30.4 Å². The summed E-state index contributed by atoms with van der Waals surface area (Å²) < 4.78 is 0. The van der Waals surface area contributed by atoms with Crippen molar-refractivity contribution in [3.8, 4) is 0 Å². The van der Waals surface area contributed by atoms with Crippen LogP contribution in [0.2, 0.25) is 0 Å².